The predicted molar refractivity (Wildman–Crippen MR) is 55.3 cm³/mol. The summed E-state index contributed by atoms with van der Waals surface area (Å²) in [4.78, 5) is 11.7. The number of hydrogen-bond acceptors (Lipinski definition) is 3. The van der Waals surface area contributed by atoms with Gasteiger partial charge in [0.15, 0.2) is 29.1 Å². The smallest absolute Gasteiger partial charge is 0.200 e. The minimum Gasteiger partial charge on any atom is -0.294 e. The fraction of sp³-hybridized carbons (Fsp3) is 0.182. The summed E-state index contributed by atoms with van der Waals surface area (Å²) in [6.07, 6.45) is 0.649. The van der Waals surface area contributed by atoms with Gasteiger partial charge < -0.3 is 0 Å². The maximum Gasteiger partial charge on any atom is 0.200 e. The van der Waals surface area contributed by atoms with Crippen molar-refractivity contribution in [3.8, 4) is 0 Å². The quantitative estimate of drug-likeness (QED) is 0.376. The lowest BCUT2D eigenvalue weighted by Gasteiger charge is -2.06. The number of halogens is 5. The molecule has 0 saturated carbocycles. The summed E-state index contributed by atoms with van der Waals surface area (Å²) in [7, 11) is 1.49. The van der Waals surface area contributed by atoms with Gasteiger partial charge in [-0.15, -0.1) is 5.10 Å². The Balaban J connectivity index is 2.45. The number of nitrogens with zero attached hydrogens (tertiary/aromatic N) is 3. The second kappa shape index (κ2) is 4.99. The number of hydrogen-bond donors (Lipinski definition) is 0. The Hall–Kier alpha value is -2.32. The van der Waals surface area contributed by atoms with E-state index >= 15 is 0 Å². The van der Waals surface area contributed by atoms with Crippen LogP contribution in [0.25, 0.3) is 0 Å². The third kappa shape index (κ3) is 2.26. The molecule has 0 atom stereocenters. The van der Waals surface area contributed by atoms with Crippen LogP contribution < -0.4 is 0 Å². The van der Waals surface area contributed by atoms with Gasteiger partial charge in [0.2, 0.25) is 5.82 Å². The molecule has 0 spiro atoms. The summed E-state index contributed by atoms with van der Waals surface area (Å²) < 4.78 is 66.7. The van der Waals surface area contributed by atoms with Crippen molar-refractivity contribution in [2.24, 2.45) is 7.05 Å². The Kier molecular flexibility index (Phi) is 3.51. The van der Waals surface area contributed by atoms with Crippen molar-refractivity contribution in [3.05, 3.63) is 46.5 Å². The zero-order chi connectivity index (χ0) is 15.0. The van der Waals surface area contributed by atoms with E-state index in [1.165, 1.54) is 17.9 Å². The van der Waals surface area contributed by atoms with Gasteiger partial charge in [0.05, 0.1) is 17.7 Å². The molecule has 0 saturated heterocycles. The van der Waals surface area contributed by atoms with E-state index in [1.807, 2.05) is 0 Å². The van der Waals surface area contributed by atoms with E-state index in [0.717, 1.165) is 0 Å². The molecule has 20 heavy (non-hydrogen) atoms. The van der Waals surface area contributed by atoms with Gasteiger partial charge in [0, 0.05) is 13.2 Å². The average Bonchev–Trinajstić information content (AvgIpc) is 2.79. The van der Waals surface area contributed by atoms with Crippen molar-refractivity contribution in [2.75, 3.05) is 0 Å². The summed E-state index contributed by atoms with van der Waals surface area (Å²) in [5.41, 5.74) is -1.44. The summed E-state index contributed by atoms with van der Waals surface area (Å²) in [6, 6.07) is 0. The Morgan fingerprint density at radius 1 is 1.05 bits per heavy atom. The van der Waals surface area contributed by atoms with Crippen molar-refractivity contribution < 1.29 is 26.7 Å². The van der Waals surface area contributed by atoms with Crippen LogP contribution in [0.2, 0.25) is 0 Å². The van der Waals surface area contributed by atoms with Crippen LogP contribution in [-0.2, 0) is 13.5 Å². The van der Waals surface area contributed by atoms with Crippen LogP contribution in [0.3, 0.4) is 0 Å². The normalized spacial score (nSPS) is 10.9. The molecule has 0 N–H and O–H groups in total. The van der Waals surface area contributed by atoms with Gasteiger partial charge in [0.1, 0.15) is 0 Å². The number of aryl methyl sites for hydroxylation is 1. The summed E-state index contributed by atoms with van der Waals surface area (Å²) >= 11 is 0. The lowest BCUT2D eigenvalue weighted by Crippen LogP contribution is -2.14. The van der Waals surface area contributed by atoms with Crippen molar-refractivity contribution in [3.63, 3.8) is 0 Å². The first-order valence-corrected chi connectivity index (χ1v) is 5.22. The van der Waals surface area contributed by atoms with E-state index in [-0.39, 0.29) is 5.69 Å². The van der Waals surface area contributed by atoms with Gasteiger partial charge in [-0.05, 0) is 0 Å². The third-order valence-electron chi connectivity index (χ3n) is 2.48. The summed E-state index contributed by atoms with van der Waals surface area (Å²) in [5, 5.41) is 6.96. The highest BCUT2D eigenvalue weighted by molar-refractivity contribution is 5.97. The number of benzene rings is 1. The molecule has 0 bridgehead atoms. The van der Waals surface area contributed by atoms with Gasteiger partial charge in [-0.1, -0.05) is 5.21 Å². The van der Waals surface area contributed by atoms with E-state index < -0.39 is 46.9 Å². The Morgan fingerprint density at radius 2 is 1.55 bits per heavy atom. The number of aromatic nitrogens is 3. The molecule has 0 fully saturated rings. The molecule has 0 radical (unpaired) electrons. The summed E-state index contributed by atoms with van der Waals surface area (Å²) in [5.74, 6) is -12.2. The fourth-order valence-electron chi connectivity index (χ4n) is 1.58. The van der Waals surface area contributed by atoms with E-state index in [1.54, 1.807) is 0 Å². The molecule has 0 aliphatic carbocycles. The first kappa shape index (κ1) is 14.1. The highest BCUT2D eigenvalue weighted by Crippen LogP contribution is 2.24. The van der Waals surface area contributed by atoms with Crippen molar-refractivity contribution in [1.29, 1.82) is 0 Å². The maximum atomic E-state index is 13.4. The number of carbonyl (C=O) groups is 1. The number of ketones is 1. The van der Waals surface area contributed by atoms with Gasteiger partial charge in [-0.25, -0.2) is 22.0 Å². The molecule has 0 aliphatic rings. The largest absolute Gasteiger partial charge is 0.294 e. The minimum absolute atomic E-state index is 0.0430. The van der Waals surface area contributed by atoms with Crippen LogP contribution in [-0.4, -0.2) is 20.8 Å². The average molecular weight is 291 g/mol. The Morgan fingerprint density at radius 3 is 2.00 bits per heavy atom. The van der Waals surface area contributed by atoms with E-state index in [4.69, 9.17) is 0 Å². The number of carbonyl (C=O) groups excluding carboxylic acids is 1. The predicted octanol–water partition coefficient (Wildman–Crippen LogP) is 1.94. The van der Waals surface area contributed by atoms with Crippen molar-refractivity contribution in [2.45, 2.75) is 6.42 Å². The summed E-state index contributed by atoms with van der Waals surface area (Å²) in [6.45, 7) is 0. The molecule has 1 aromatic heterocycles. The van der Waals surface area contributed by atoms with Gasteiger partial charge in [0.25, 0.3) is 0 Å². The molecule has 2 rings (SSSR count). The van der Waals surface area contributed by atoms with Crippen LogP contribution in [0.1, 0.15) is 16.1 Å². The van der Waals surface area contributed by atoms with Crippen LogP contribution in [0.4, 0.5) is 22.0 Å². The molecule has 1 aromatic carbocycles. The first-order chi connectivity index (χ1) is 9.32. The topological polar surface area (TPSA) is 47.8 Å². The van der Waals surface area contributed by atoms with E-state index in [2.05, 4.69) is 10.3 Å². The zero-order valence-corrected chi connectivity index (χ0v) is 9.92. The Bertz CT molecular complexity index is 669. The highest BCUT2D eigenvalue weighted by atomic mass is 19.2. The maximum absolute atomic E-state index is 13.4. The molecule has 1 heterocycles. The second-order valence-corrected chi connectivity index (χ2v) is 3.93. The molecular formula is C11H6F5N3O. The van der Waals surface area contributed by atoms with E-state index in [9.17, 15) is 26.7 Å². The molecule has 0 unspecified atom stereocenters. The second-order valence-electron chi connectivity index (χ2n) is 3.93. The molecule has 2 aromatic rings. The molecule has 9 heteroatoms. The number of rotatable bonds is 3. The molecule has 106 valence electrons. The zero-order valence-electron chi connectivity index (χ0n) is 9.92. The molecule has 0 aliphatic heterocycles. The van der Waals surface area contributed by atoms with Gasteiger partial charge in [-0.2, -0.15) is 0 Å². The van der Waals surface area contributed by atoms with E-state index in [0.29, 0.717) is 0 Å². The molecular weight excluding hydrogens is 285 g/mol. The Labute approximate surface area is 108 Å². The van der Waals surface area contributed by atoms with Crippen LogP contribution in [0, 0.1) is 29.1 Å². The number of Topliss-reactive ketones (excluding diaryl/α,β-unsaturated/α-hetero) is 1. The third-order valence-corrected chi connectivity index (χ3v) is 2.48. The first-order valence-electron chi connectivity index (χ1n) is 5.22. The van der Waals surface area contributed by atoms with Crippen LogP contribution in [0.5, 0.6) is 0 Å². The molecule has 0 amide bonds. The lowest BCUT2D eigenvalue weighted by molar-refractivity contribution is 0.0980. The SMILES string of the molecule is Cn1cc(CC(=O)c2c(F)c(F)c(F)c(F)c2F)nn1. The lowest BCUT2D eigenvalue weighted by atomic mass is 10.0. The van der Waals surface area contributed by atoms with Gasteiger partial charge in [-0.3, -0.25) is 9.48 Å². The van der Waals surface area contributed by atoms with Crippen LogP contribution in [0.15, 0.2) is 6.20 Å². The van der Waals surface area contributed by atoms with Gasteiger partial charge >= 0.3 is 0 Å². The fourth-order valence-corrected chi connectivity index (χ4v) is 1.58. The van der Waals surface area contributed by atoms with Crippen molar-refractivity contribution >= 4 is 5.78 Å². The molecule has 4 nitrogen and oxygen atoms in total. The highest BCUT2D eigenvalue weighted by Gasteiger charge is 2.29. The minimum atomic E-state index is -2.31. The monoisotopic (exact) mass is 291 g/mol. The van der Waals surface area contributed by atoms with Crippen LogP contribution >= 0.6 is 0 Å². The van der Waals surface area contributed by atoms with Crippen molar-refractivity contribution in [1.82, 2.24) is 15.0 Å². The standard InChI is InChI=1S/C11H6F5N3O/c1-19-3-4(17-18-19)2-5(20)6-7(12)9(14)11(16)10(15)8(6)13/h3H,2H2,1H3.